The van der Waals surface area contributed by atoms with Gasteiger partial charge < -0.3 is 16.2 Å². The van der Waals surface area contributed by atoms with E-state index in [2.05, 4.69) is 15.4 Å². The Labute approximate surface area is 180 Å². The normalized spacial score (nSPS) is 11.8. The molecule has 0 saturated heterocycles. The van der Waals surface area contributed by atoms with E-state index in [0.29, 0.717) is 29.1 Å². The number of anilines is 1. The number of benzene rings is 2. The minimum absolute atomic E-state index is 0.299. The van der Waals surface area contributed by atoms with E-state index in [9.17, 15) is 9.90 Å². The van der Waals surface area contributed by atoms with Crippen molar-refractivity contribution in [2.24, 2.45) is 5.73 Å². The number of pyridine rings is 1. The summed E-state index contributed by atoms with van der Waals surface area (Å²) in [6, 6.07) is 20.0. The minimum atomic E-state index is -0.836. The topological polar surface area (TPSA) is 106 Å². The van der Waals surface area contributed by atoms with E-state index in [4.69, 9.17) is 5.73 Å². The fourth-order valence-corrected chi connectivity index (χ4v) is 3.39. The number of carbonyl (C=O) groups excluding carboxylic acids is 1. The summed E-state index contributed by atoms with van der Waals surface area (Å²) in [6.45, 7) is 2.24. The number of carbonyl (C=O) groups is 1. The molecule has 0 aliphatic rings. The van der Waals surface area contributed by atoms with E-state index < -0.39 is 6.10 Å². The summed E-state index contributed by atoms with van der Waals surface area (Å²) in [5.41, 5.74) is 10.5. The molecule has 1 unspecified atom stereocenters. The van der Waals surface area contributed by atoms with Crippen molar-refractivity contribution < 1.29 is 9.90 Å². The van der Waals surface area contributed by atoms with E-state index >= 15 is 0 Å². The lowest BCUT2D eigenvalue weighted by atomic mass is 10.0. The van der Waals surface area contributed by atoms with Gasteiger partial charge in [0.05, 0.1) is 11.4 Å². The van der Waals surface area contributed by atoms with Crippen LogP contribution in [0.4, 0.5) is 5.69 Å². The highest BCUT2D eigenvalue weighted by Crippen LogP contribution is 2.24. The fourth-order valence-electron chi connectivity index (χ4n) is 3.39. The molecule has 0 saturated carbocycles. The van der Waals surface area contributed by atoms with Crippen molar-refractivity contribution in [1.82, 2.24) is 14.8 Å². The van der Waals surface area contributed by atoms with Crippen molar-refractivity contribution in [2.45, 2.75) is 19.6 Å². The monoisotopic (exact) mass is 413 g/mol. The molecule has 2 aromatic carbocycles. The van der Waals surface area contributed by atoms with Crippen LogP contribution >= 0.6 is 0 Å². The summed E-state index contributed by atoms with van der Waals surface area (Å²) in [5, 5.41) is 18.0. The Kier molecular flexibility index (Phi) is 5.88. The van der Waals surface area contributed by atoms with E-state index in [1.165, 1.54) is 0 Å². The largest absolute Gasteiger partial charge is 0.384 e. The van der Waals surface area contributed by atoms with Crippen molar-refractivity contribution in [2.75, 3.05) is 5.32 Å². The molecule has 0 radical (unpaired) electrons. The third kappa shape index (κ3) is 4.53. The zero-order valence-corrected chi connectivity index (χ0v) is 17.1. The van der Waals surface area contributed by atoms with Gasteiger partial charge in [0.25, 0.3) is 5.91 Å². The zero-order chi connectivity index (χ0) is 21.8. The van der Waals surface area contributed by atoms with Crippen LogP contribution in [0.15, 0.2) is 79.1 Å². The molecule has 0 bridgehead atoms. The second-order valence-corrected chi connectivity index (χ2v) is 7.23. The highest BCUT2D eigenvalue weighted by atomic mass is 16.3. The second-order valence-electron chi connectivity index (χ2n) is 7.23. The highest BCUT2D eigenvalue weighted by Gasteiger charge is 2.17. The molecule has 0 aliphatic carbocycles. The van der Waals surface area contributed by atoms with Crippen LogP contribution < -0.4 is 11.1 Å². The minimum Gasteiger partial charge on any atom is -0.384 e. The van der Waals surface area contributed by atoms with Crippen LogP contribution in [0.2, 0.25) is 0 Å². The Balaban J connectivity index is 1.60. The smallest absolute Gasteiger partial charge is 0.274 e. The number of aryl methyl sites for hydroxylation is 1. The van der Waals surface area contributed by atoms with Crippen molar-refractivity contribution >= 4 is 11.6 Å². The third-order valence-electron chi connectivity index (χ3n) is 4.92. The number of aliphatic hydroxyl groups excluding tert-OH is 1. The van der Waals surface area contributed by atoms with Gasteiger partial charge in [0.2, 0.25) is 0 Å². The maximum atomic E-state index is 13.1. The molecule has 7 nitrogen and oxygen atoms in total. The van der Waals surface area contributed by atoms with Gasteiger partial charge in [-0.15, -0.1) is 0 Å². The average Bonchev–Trinajstić information content (AvgIpc) is 3.21. The molecule has 4 rings (SSSR count). The molecule has 2 heterocycles. The van der Waals surface area contributed by atoms with Gasteiger partial charge in [-0.05, 0) is 54.4 Å². The Hall–Kier alpha value is -3.81. The van der Waals surface area contributed by atoms with Gasteiger partial charge in [-0.25, -0.2) is 4.68 Å². The fraction of sp³-hybridized carbons (Fsp3) is 0.125. The number of hydrogen-bond acceptors (Lipinski definition) is 5. The Morgan fingerprint density at radius 3 is 2.68 bits per heavy atom. The number of nitrogens with two attached hydrogens (primary N) is 1. The number of hydrogen-bond donors (Lipinski definition) is 3. The van der Waals surface area contributed by atoms with E-state index in [1.54, 1.807) is 59.5 Å². The third-order valence-corrected chi connectivity index (χ3v) is 4.92. The number of aliphatic hydroxyl groups is 1. The SMILES string of the molecule is Cc1cc(C(=O)Nc2cccc(C(O)c3cccnc3)c2)n(-c2cccc(CN)c2)n1. The lowest BCUT2D eigenvalue weighted by Crippen LogP contribution is -2.17. The number of rotatable bonds is 6. The van der Waals surface area contributed by atoms with Crippen molar-refractivity contribution in [3.05, 3.63) is 107 Å². The summed E-state index contributed by atoms with van der Waals surface area (Å²) in [6.07, 6.45) is 2.44. The summed E-state index contributed by atoms with van der Waals surface area (Å²) < 4.78 is 1.61. The molecule has 0 spiro atoms. The van der Waals surface area contributed by atoms with Gasteiger partial charge in [-0.1, -0.05) is 30.3 Å². The molecule has 7 heteroatoms. The van der Waals surface area contributed by atoms with E-state index in [-0.39, 0.29) is 5.91 Å². The first kappa shape index (κ1) is 20.5. The van der Waals surface area contributed by atoms with Gasteiger partial charge in [0, 0.05) is 30.2 Å². The summed E-state index contributed by atoms with van der Waals surface area (Å²) in [4.78, 5) is 17.1. The molecule has 0 aliphatic heterocycles. The van der Waals surface area contributed by atoms with Crippen LogP contribution in [0.5, 0.6) is 0 Å². The standard InChI is InChI=1S/C24H23N5O2/c1-16-11-22(29(28-16)21-9-2-5-17(12-21)14-25)24(31)27-20-8-3-6-18(13-20)23(30)19-7-4-10-26-15-19/h2-13,15,23,30H,14,25H2,1H3,(H,27,31). The maximum absolute atomic E-state index is 13.1. The van der Waals surface area contributed by atoms with Gasteiger partial charge in [0.1, 0.15) is 11.8 Å². The number of aromatic nitrogens is 3. The molecule has 1 atom stereocenters. The van der Waals surface area contributed by atoms with Crippen LogP contribution in [0.3, 0.4) is 0 Å². The highest BCUT2D eigenvalue weighted by molar-refractivity contribution is 6.03. The van der Waals surface area contributed by atoms with E-state index in [1.807, 2.05) is 31.2 Å². The molecule has 4 aromatic rings. The molecule has 31 heavy (non-hydrogen) atoms. The van der Waals surface area contributed by atoms with Gasteiger partial charge in [-0.3, -0.25) is 9.78 Å². The van der Waals surface area contributed by atoms with Crippen molar-refractivity contribution in [3.63, 3.8) is 0 Å². The number of nitrogens with one attached hydrogen (secondary N) is 1. The lowest BCUT2D eigenvalue weighted by Gasteiger charge is -2.13. The van der Waals surface area contributed by atoms with Gasteiger partial charge >= 0.3 is 0 Å². The first-order chi connectivity index (χ1) is 15.0. The summed E-state index contributed by atoms with van der Waals surface area (Å²) in [7, 11) is 0. The summed E-state index contributed by atoms with van der Waals surface area (Å²) in [5.74, 6) is -0.299. The van der Waals surface area contributed by atoms with E-state index in [0.717, 1.165) is 16.9 Å². The Bertz CT molecular complexity index is 1200. The Morgan fingerprint density at radius 2 is 1.90 bits per heavy atom. The lowest BCUT2D eigenvalue weighted by molar-refractivity contribution is 0.101. The average molecular weight is 413 g/mol. The predicted molar refractivity (Wildman–Crippen MR) is 119 cm³/mol. The quantitative estimate of drug-likeness (QED) is 0.449. The molecule has 4 N–H and O–H groups in total. The molecular formula is C24H23N5O2. The van der Waals surface area contributed by atoms with Gasteiger partial charge in [0.15, 0.2) is 0 Å². The maximum Gasteiger partial charge on any atom is 0.274 e. The van der Waals surface area contributed by atoms with Crippen LogP contribution in [0.1, 0.15) is 39.0 Å². The molecule has 0 fully saturated rings. The van der Waals surface area contributed by atoms with Crippen LogP contribution in [0.25, 0.3) is 5.69 Å². The summed E-state index contributed by atoms with van der Waals surface area (Å²) >= 11 is 0. The zero-order valence-electron chi connectivity index (χ0n) is 17.1. The van der Waals surface area contributed by atoms with Crippen LogP contribution in [0, 0.1) is 6.92 Å². The molecular weight excluding hydrogens is 390 g/mol. The number of nitrogens with zero attached hydrogens (tertiary/aromatic N) is 3. The Morgan fingerprint density at radius 1 is 1.10 bits per heavy atom. The first-order valence-corrected chi connectivity index (χ1v) is 9.90. The van der Waals surface area contributed by atoms with Crippen molar-refractivity contribution in [1.29, 1.82) is 0 Å². The second kappa shape index (κ2) is 8.91. The van der Waals surface area contributed by atoms with Crippen molar-refractivity contribution in [3.8, 4) is 5.69 Å². The molecule has 156 valence electrons. The van der Waals surface area contributed by atoms with Crippen LogP contribution in [-0.4, -0.2) is 25.8 Å². The first-order valence-electron chi connectivity index (χ1n) is 9.90. The van der Waals surface area contributed by atoms with Gasteiger partial charge in [-0.2, -0.15) is 5.10 Å². The molecule has 2 aromatic heterocycles. The number of amides is 1. The predicted octanol–water partition coefficient (Wildman–Crippen LogP) is 3.37. The molecule has 1 amide bonds. The van der Waals surface area contributed by atoms with Crippen LogP contribution in [-0.2, 0) is 6.54 Å².